The lowest BCUT2D eigenvalue weighted by molar-refractivity contribution is -0.120. The molecule has 25 heavy (non-hydrogen) atoms. The summed E-state index contributed by atoms with van der Waals surface area (Å²) < 4.78 is 0. The fraction of sp³-hybridized carbons (Fsp3) is 0.333. The number of amides is 2. The number of nitrogens with zero attached hydrogens (tertiary/aromatic N) is 1. The third-order valence-corrected chi connectivity index (χ3v) is 4.30. The lowest BCUT2D eigenvalue weighted by Crippen LogP contribution is -2.37. The minimum Gasteiger partial charge on any atom is -0.325 e. The van der Waals surface area contributed by atoms with Crippen LogP contribution in [-0.4, -0.2) is 18.4 Å². The van der Waals surface area contributed by atoms with E-state index >= 15 is 0 Å². The van der Waals surface area contributed by atoms with Gasteiger partial charge in [-0.15, -0.1) is 0 Å². The summed E-state index contributed by atoms with van der Waals surface area (Å²) in [7, 11) is 0. The average molecular weight is 338 g/mol. The number of hydrogen-bond donors (Lipinski definition) is 1. The lowest BCUT2D eigenvalue weighted by atomic mass is 10.0. The molecule has 4 nitrogen and oxygen atoms in total. The first-order valence-corrected chi connectivity index (χ1v) is 8.71. The molecule has 2 amide bonds. The van der Waals surface area contributed by atoms with E-state index < -0.39 is 0 Å². The van der Waals surface area contributed by atoms with Crippen molar-refractivity contribution in [2.24, 2.45) is 0 Å². The monoisotopic (exact) mass is 338 g/mol. The molecule has 4 heteroatoms. The Balaban J connectivity index is 2.19. The molecule has 0 spiro atoms. The minimum absolute atomic E-state index is 0.00269. The molecule has 0 saturated carbocycles. The smallest absolute Gasteiger partial charge is 0.244 e. The summed E-state index contributed by atoms with van der Waals surface area (Å²) in [5.74, 6) is -0.342. The average Bonchev–Trinajstić information content (AvgIpc) is 2.60. The van der Waals surface area contributed by atoms with Gasteiger partial charge in [0.25, 0.3) is 0 Å². The highest BCUT2D eigenvalue weighted by Crippen LogP contribution is 2.26. The Morgan fingerprint density at radius 1 is 1.00 bits per heavy atom. The van der Waals surface area contributed by atoms with E-state index in [0.29, 0.717) is 0 Å². The van der Waals surface area contributed by atoms with Gasteiger partial charge < -0.3 is 10.2 Å². The van der Waals surface area contributed by atoms with Gasteiger partial charge >= 0.3 is 0 Å². The Bertz CT molecular complexity index is 751. The molecule has 0 radical (unpaired) electrons. The number of carbonyl (C=O) groups excluding carboxylic acids is 2. The Kier molecular flexibility index (Phi) is 6.34. The molecule has 2 rings (SSSR count). The molecule has 0 atom stereocenters. The van der Waals surface area contributed by atoms with Crippen molar-refractivity contribution in [3.05, 3.63) is 59.2 Å². The van der Waals surface area contributed by atoms with Gasteiger partial charge in [0.1, 0.15) is 6.54 Å². The molecule has 0 aliphatic heterocycles. The predicted octanol–water partition coefficient (Wildman–Crippen LogP) is 4.11. The highest BCUT2D eigenvalue weighted by Gasteiger charge is 2.20. The van der Waals surface area contributed by atoms with Crippen LogP contribution in [-0.2, 0) is 22.4 Å². The van der Waals surface area contributed by atoms with Crippen LogP contribution in [0.4, 0.5) is 11.4 Å². The lowest BCUT2D eigenvalue weighted by Gasteiger charge is -2.25. The molecule has 0 aromatic heterocycles. The normalized spacial score (nSPS) is 10.4. The van der Waals surface area contributed by atoms with Gasteiger partial charge in [0.2, 0.25) is 11.8 Å². The van der Waals surface area contributed by atoms with E-state index in [2.05, 4.69) is 12.2 Å². The molecular formula is C21H26N2O2. The van der Waals surface area contributed by atoms with Crippen molar-refractivity contribution in [3.8, 4) is 0 Å². The standard InChI is InChI=1S/C21H26N2O2/c1-5-17-10-12-19(13-11-17)22-20(25)14-23(16(4)24)21-15(3)8-7-9-18(21)6-2/h7-13H,5-6,14H2,1-4H3,(H,22,25). The van der Waals surface area contributed by atoms with E-state index in [0.717, 1.165) is 35.3 Å². The fourth-order valence-electron chi connectivity index (χ4n) is 2.91. The number of carbonyl (C=O) groups is 2. The first-order chi connectivity index (χ1) is 12.0. The van der Waals surface area contributed by atoms with Gasteiger partial charge in [0, 0.05) is 12.6 Å². The second kappa shape index (κ2) is 8.47. The number of rotatable bonds is 6. The Hall–Kier alpha value is -2.62. The highest BCUT2D eigenvalue weighted by atomic mass is 16.2. The summed E-state index contributed by atoms with van der Waals surface area (Å²) in [6.07, 6.45) is 1.76. The molecule has 0 unspecified atom stereocenters. The van der Waals surface area contributed by atoms with Crippen molar-refractivity contribution in [2.45, 2.75) is 40.5 Å². The van der Waals surface area contributed by atoms with E-state index in [1.807, 2.05) is 56.3 Å². The van der Waals surface area contributed by atoms with E-state index in [9.17, 15) is 9.59 Å². The number of aryl methyl sites for hydroxylation is 3. The second-order valence-electron chi connectivity index (χ2n) is 6.14. The Morgan fingerprint density at radius 3 is 2.24 bits per heavy atom. The number of para-hydroxylation sites is 1. The van der Waals surface area contributed by atoms with E-state index in [4.69, 9.17) is 0 Å². The van der Waals surface area contributed by atoms with Gasteiger partial charge in [-0.1, -0.05) is 44.2 Å². The molecule has 0 aliphatic rings. The van der Waals surface area contributed by atoms with Crippen molar-refractivity contribution in [3.63, 3.8) is 0 Å². The quantitative estimate of drug-likeness (QED) is 0.861. The highest BCUT2D eigenvalue weighted by molar-refractivity contribution is 6.02. The summed E-state index contributed by atoms with van der Waals surface area (Å²) in [6, 6.07) is 13.7. The molecular weight excluding hydrogens is 312 g/mol. The maximum atomic E-state index is 12.5. The third kappa shape index (κ3) is 4.69. The van der Waals surface area contributed by atoms with Gasteiger partial charge in [-0.25, -0.2) is 0 Å². The van der Waals surface area contributed by atoms with Gasteiger partial charge in [-0.2, -0.15) is 0 Å². The molecule has 2 aromatic carbocycles. The summed E-state index contributed by atoms with van der Waals surface area (Å²) in [4.78, 5) is 26.2. The van der Waals surface area contributed by atoms with Crippen LogP contribution in [0.5, 0.6) is 0 Å². The van der Waals surface area contributed by atoms with E-state index in [-0.39, 0.29) is 18.4 Å². The number of hydrogen-bond acceptors (Lipinski definition) is 2. The maximum absolute atomic E-state index is 12.5. The Labute approximate surface area is 149 Å². The predicted molar refractivity (Wildman–Crippen MR) is 103 cm³/mol. The molecule has 0 bridgehead atoms. The largest absolute Gasteiger partial charge is 0.325 e. The van der Waals surface area contributed by atoms with Gasteiger partial charge in [-0.05, 0) is 48.6 Å². The van der Waals surface area contributed by atoms with Crippen LogP contribution in [0.15, 0.2) is 42.5 Å². The fourth-order valence-corrected chi connectivity index (χ4v) is 2.91. The zero-order chi connectivity index (χ0) is 18.4. The van der Waals surface area contributed by atoms with Gasteiger partial charge in [0.05, 0.1) is 5.69 Å². The van der Waals surface area contributed by atoms with Crippen LogP contribution in [0.2, 0.25) is 0 Å². The zero-order valence-electron chi connectivity index (χ0n) is 15.4. The Morgan fingerprint density at radius 2 is 1.68 bits per heavy atom. The van der Waals surface area contributed by atoms with Crippen molar-refractivity contribution in [1.29, 1.82) is 0 Å². The van der Waals surface area contributed by atoms with E-state index in [1.54, 1.807) is 4.90 Å². The second-order valence-corrected chi connectivity index (χ2v) is 6.14. The van der Waals surface area contributed by atoms with Crippen LogP contribution in [0.3, 0.4) is 0 Å². The molecule has 0 fully saturated rings. The number of nitrogens with one attached hydrogen (secondary N) is 1. The minimum atomic E-state index is -0.204. The summed E-state index contributed by atoms with van der Waals surface area (Å²) >= 11 is 0. The first kappa shape index (κ1) is 18.7. The van der Waals surface area contributed by atoms with Crippen molar-refractivity contribution >= 4 is 23.2 Å². The molecule has 1 N–H and O–H groups in total. The molecule has 132 valence electrons. The van der Waals surface area contributed by atoms with Crippen LogP contribution in [0, 0.1) is 6.92 Å². The van der Waals surface area contributed by atoms with Gasteiger partial charge in [0.15, 0.2) is 0 Å². The molecule has 0 heterocycles. The topological polar surface area (TPSA) is 49.4 Å². The van der Waals surface area contributed by atoms with Crippen LogP contribution >= 0.6 is 0 Å². The van der Waals surface area contributed by atoms with Crippen LogP contribution < -0.4 is 10.2 Å². The van der Waals surface area contributed by atoms with Crippen molar-refractivity contribution in [1.82, 2.24) is 0 Å². The zero-order valence-corrected chi connectivity index (χ0v) is 15.4. The summed E-state index contributed by atoms with van der Waals surface area (Å²) in [5.41, 5.74) is 4.86. The van der Waals surface area contributed by atoms with Gasteiger partial charge in [-0.3, -0.25) is 9.59 Å². The molecule has 0 saturated heterocycles. The van der Waals surface area contributed by atoms with E-state index in [1.165, 1.54) is 12.5 Å². The number of benzene rings is 2. The molecule has 2 aromatic rings. The third-order valence-electron chi connectivity index (χ3n) is 4.30. The maximum Gasteiger partial charge on any atom is 0.244 e. The summed E-state index contributed by atoms with van der Waals surface area (Å²) in [6.45, 7) is 7.60. The van der Waals surface area contributed by atoms with Crippen LogP contribution in [0.1, 0.15) is 37.5 Å². The first-order valence-electron chi connectivity index (χ1n) is 8.71. The number of anilines is 2. The van der Waals surface area contributed by atoms with Crippen molar-refractivity contribution in [2.75, 3.05) is 16.8 Å². The van der Waals surface area contributed by atoms with Crippen LogP contribution in [0.25, 0.3) is 0 Å². The molecule has 0 aliphatic carbocycles. The van der Waals surface area contributed by atoms with Crippen molar-refractivity contribution < 1.29 is 9.59 Å². The summed E-state index contributed by atoms with van der Waals surface area (Å²) in [5, 5.41) is 2.87. The SMILES string of the molecule is CCc1ccc(NC(=O)CN(C(C)=O)c2c(C)cccc2CC)cc1.